The van der Waals surface area contributed by atoms with Gasteiger partial charge in [-0.3, -0.25) is 0 Å². The van der Waals surface area contributed by atoms with E-state index < -0.39 is 0 Å². The quantitative estimate of drug-likeness (QED) is 0.233. The first-order valence-corrected chi connectivity index (χ1v) is 13.5. The largest absolute Gasteiger partial charge is 0.383 e. The van der Waals surface area contributed by atoms with Gasteiger partial charge in [0, 0.05) is 21.9 Å². The highest BCUT2D eigenvalue weighted by atomic mass is 14.8. The Bertz CT molecular complexity index is 1750. The predicted molar refractivity (Wildman–Crippen MR) is 162 cm³/mol. The van der Waals surface area contributed by atoms with Gasteiger partial charge >= 0.3 is 0 Å². The molecule has 0 atom stereocenters. The number of nitrogens with zero attached hydrogens (tertiary/aromatic N) is 2. The number of pyridine rings is 1. The number of nitriles is 1. The standard InChI is InChI=1S/C36H33N3/c1-4-11-26(23-37)17-19-32-33-30(27-12-7-5-8-13-27)20-21-31(29-18-16-24(2)25(3)22-29)34(33)35(39-36(32)38)28-14-9-6-10-15-28/h4-18,22H,19-21,38H2,1-3H3/b11-4-,26-17+. The summed E-state index contributed by atoms with van der Waals surface area (Å²) in [6.07, 6.45) is 8.01. The zero-order valence-electron chi connectivity index (χ0n) is 22.8. The van der Waals surface area contributed by atoms with Crippen molar-refractivity contribution < 1.29 is 0 Å². The summed E-state index contributed by atoms with van der Waals surface area (Å²) in [7, 11) is 0. The summed E-state index contributed by atoms with van der Waals surface area (Å²) in [5, 5.41) is 12.0. The van der Waals surface area contributed by atoms with Crippen molar-refractivity contribution in [1.82, 2.24) is 4.98 Å². The van der Waals surface area contributed by atoms with E-state index in [-0.39, 0.29) is 0 Å². The van der Waals surface area contributed by atoms with Crippen LogP contribution in [0.1, 0.15) is 47.6 Å². The third-order valence-corrected chi connectivity index (χ3v) is 7.58. The van der Waals surface area contributed by atoms with Crippen LogP contribution in [-0.2, 0) is 6.42 Å². The Morgan fingerprint density at radius 2 is 1.49 bits per heavy atom. The number of nitrogens with two attached hydrogens (primary N) is 1. The molecule has 3 heteroatoms. The number of aromatic nitrogens is 1. The topological polar surface area (TPSA) is 62.7 Å². The van der Waals surface area contributed by atoms with Crippen LogP contribution in [0.3, 0.4) is 0 Å². The van der Waals surface area contributed by atoms with Gasteiger partial charge in [0.1, 0.15) is 5.82 Å². The van der Waals surface area contributed by atoms with Crippen molar-refractivity contribution >= 4 is 17.0 Å². The van der Waals surface area contributed by atoms with Crippen molar-refractivity contribution in [2.75, 3.05) is 5.73 Å². The van der Waals surface area contributed by atoms with Crippen LogP contribution in [0, 0.1) is 25.2 Å². The lowest BCUT2D eigenvalue weighted by Gasteiger charge is -2.23. The number of aryl methyl sites for hydroxylation is 2. The highest BCUT2D eigenvalue weighted by Gasteiger charge is 2.22. The second kappa shape index (κ2) is 11.4. The van der Waals surface area contributed by atoms with Crippen LogP contribution >= 0.6 is 0 Å². The van der Waals surface area contributed by atoms with Crippen LogP contribution < -0.4 is 16.2 Å². The summed E-state index contributed by atoms with van der Waals surface area (Å²) < 4.78 is 0. The van der Waals surface area contributed by atoms with E-state index in [4.69, 9.17) is 10.7 Å². The highest BCUT2D eigenvalue weighted by molar-refractivity contribution is 5.81. The molecule has 0 saturated carbocycles. The molecule has 4 aromatic rings. The second-order valence-electron chi connectivity index (χ2n) is 10.0. The van der Waals surface area contributed by atoms with Crippen molar-refractivity contribution in [3.8, 4) is 17.3 Å². The molecule has 3 aromatic carbocycles. The molecule has 192 valence electrons. The molecule has 0 fully saturated rings. The van der Waals surface area contributed by atoms with Gasteiger partial charge in [0.25, 0.3) is 0 Å². The first-order chi connectivity index (χ1) is 19.0. The van der Waals surface area contributed by atoms with Gasteiger partial charge in [-0.25, -0.2) is 4.98 Å². The first kappa shape index (κ1) is 25.9. The van der Waals surface area contributed by atoms with Gasteiger partial charge in [-0.05, 0) is 84.7 Å². The van der Waals surface area contributed by atoms with Crippen LogP contribution in [0.5, 0.6) is 0 Å². The van der Waals surface area contributed by atoms with Crippen LogP contribution in [0.25, 0.3) is 22.4 Å². The molecule has 0 aliphatic heterocycles. The molecule has 1 heterocycles. The molecule has 5 rings (SSSR count). The van der Waals surface area contributed by atoms with Crippen LogP contribution in [0.4, 0.5) is 5.82 Å². The number of allylic oxidation sites excluding steroid dienone is 4. The zero-order valence-corrected chi connectivity index (χ0v) is 22.8. The van der Waals surface area contributed by atoms with E-state index in [2.05, 4.69) is 80.6 Å². The van der Waals surface area contributed by atoms with Gasteiger partial charge in [0.2, 0.25) is 0 Å². The molecular formula is C36H33N3. The molecule has 1 aliphatic carbocycles. The van der Waals surface area contributed by atoms with Crippen molar-refractivity contribution in [2.24, 2.45) is 0 Å². The fraction of sp³-hybridized carbons (Fsp3) is 0.167. The maximum atomic E-state index is 9.68. The Balaban J connectivity index is 1.98. The number of hydrogen-bond acceptors (Lipinski definition) is 3. The number of benzene rings is 3. The normalized spacial score (nSPS) is 13.4. The lowest BCUT2D eigenvalue weighted by atomic mass is 9.83. The monoisotopic (exact) mass is 507 g/mol. The summed E-state index contributed by atoms with van der Waals surface area (Å²) in [6, 6.07) is 30.0. The summed E-state index contributed by atoms with van der Waals surface area (Å²) in [4.78, 5) is 5.06. The molecule has 0 unspecified atom stereocenters. The molecule has 0 saturated heterocycles. The minimum atomic E-state index is 0.511. The Hall–Kier alpha value is -4.68. The highest BCUT2D eigenvalue weighted by Crippen LogP contribution is 2.30. The SMILES string of the molecule is C/C=C\C(C#N)=C/Cc1c(N)nc(-c2ccccc2)c2c1=C(c1ccccc1)CCC=2c1ccc(C)c(C)c1. The molecule has 0 spiro atoms. The predicted octanol–water partition coefficient (Wildman–Crippen LogP) is 6.71. The molecular weight excluding hydrogens is 474 g/mol. The smallest absolute Gasteiger partial charge is 0.128 e. The Labute approximate surface area is 231 Å². The Morgan fingerprint density at radius 3 is 2.10 bits per heavy atom. The van der Waals surface area contributed by atoms with E-state index in [1.54, 1.807) is 0 Å². The molecule has 2 N–H and O–H groups in total. The lowest BCUT2D eigenvalue weighted by molar-refractivity contribution is 1.01. The molecule has 39 heavy (non-hydrogen) atoms. The summed E-state index contributed by atoms with van der Waals surface area (Å²) >= 11 is 0. The molecule has 3 nitrogen and oxygen atoms in total. The van der Waals surface area contributed by atoms with Gasteiger partial charge in [-0.2, -0.15) is 5.26 Å². The third kappa shape index (κ3) is 5.19. The zero-order chi connectivity index (χ0) is 27.4. The van der Waals surface area contributed by atoms with Crippen molar-refractivity contribution in [2.45, 2.75) is 40.0 Å². The van der Waals surface area contributed by atoms with Crippen LogP contribution in [-0.4, -0.2) is 4.98 Å². The van der Waals surface area contributed by atoms with Crippen molar-refractivity contribution in [1.29, 1.82) is 5.26 Å². The second-order valence-corrected chi connectivity index (χ2v) is 10.0. The van der Waals surface area contributed by atoms with E-state index in [1.807, 2.05) is 43.4 Å². The molecule has 0 bridgehead atoms. The maximum absolute atomic E-state index is 9.68. The van der Waals surface area contributed by atoms with Crippen molar-refractivity contribution in [3.63, 3.8) is 0 Å². The number of fused-ring (bicyclic) bond motifs is 1. The summed E-state index contributed by atoms with van der Waals surface area (Å²) in [6.45, 7) is 6.24. The minimum absolute atomic E-state index is 0.511. The fourth-order valence-corrected chi connectivity index (χ4v) is 5.47. The van der Waals surface area contributed by atoms with Crippen LogP contribution in [0.15, 0.2) is 103 Å². The number of anilines is 1. The van der Waals surface area contributed by atoms with Crippen LogP contribution in [0.2, 0.25) is 0 Å². The van der Waals surface area contributed by atoms with E-state index in [0.29, 0.717) is 17.8 Å². The van der Waals surface area contributed by atoms with Gasteiger partial charge < -0.3 is 5.73 Å². The molecule has 0 radical (unpaired) electrons. The third-order valence-electron chi connectivity index (χ3n) is 7.58. The van der Waals surface area contributed by atoms with E-state index in [9.17, 15) is 5.26 Å². The van der Waals surface area contributed by atoms with Gasteiger partial charge in [-0.1, -0.05) is 91.0 Å². The Morgan fingerprint density at radius 1 is 0.846 bits per heavy atom. The summed E-state index contributed by atoms with van der Waals surface area (Å²) in [5.41, 5.74) is 17.9. The number of rotatable bonds is 6. The van der Waals surface area contributed by atoms with E-state index in [1.165, 1.54) is 33.4 Å². The maximum Gasteiger partial charge on any atom is 0.128 e. The van der Waals surface area contributed by atoms with E-state index >= 15 is 0 Å². The summed E-state index contributed by atoms with van der Waals surface area (Å²) in [5.74, 6) is 0.511. The average molecular weight is 508 g/mol. The fourth-order valence-electron chi connectivity index (χ4n) is 5.47. The number of hydrogen-bond donors (Lipinski definition) is 1. The Kier molecular flexibility index (Phi) is 7.57. The van der Waals surface area contributed by atoms with Crippen molar-refractivity contribution in [3.05, 3.63) is 141 Å². The first-order valence-electron chi connectivity index (χ1n) is 13.5. The lowest BCUT2D eigenvalue weighted by Crippen LogP contribution is -2.39. The van der Waals surface area contributed by atoms with Gasteiger partial charge in [0.15, 0.2) is 0 Å². The number of nitrogen functional groups attached to an aromatic ring is 1. The molecule has 1 aromatic heterocycles. The minimum Gasteiger partial charge on any atom is -0.383 e. The van der Waals surface area contributed by atoms with Gasteiger partial charge in [-0.15, -0.1) is 0 Å². The van der Waals surface area contributed by atoms with Gasteiger partial charge in [0.05, 0.1) is 11.8 Å². The molecule has 0 amide bonds. The molecule has 1 aliphatic rings. The van der Waals surface area contributed by atoms with E-state index in [0.717, 1.165) is 40.1 Å². The average Bonchev–Trinajstić information content (AvgIpc) is 2.97.